The molecule has 0 aliphatic rings. The Morgan fingerprint density at radius 1 is 1.12 bits per heavy atom. The summed E-state index contributed by atoms with van der Waals surface area (Å²) < 4.78 is 16.3. The van der Waals surface area contributed by atoms with Crippen molar-refractivity contribution in [3.8, 4) is 17.2 Å². The lowest BCUT2D eigenvalue weighted by Gasteiger charge is -2.16. The third-order valence-corrected chi connectivity index (χ3v) is 2.81. The molecule has 0 atom stereocenters. The number of nitrogens with two attached hydrogens (primary N) is 1. The molecule has 0 fully saturated rings. The molecule has 2 N–H and O–H groups in total. The number of rotatable bonds is 5. The summed E-state index contributed by atoms with van der Waals surface area (Å²) in [5.74, 6) is 6.82. The van der Waals surface area contributed by atoms with Crippen LogP contribution in [-0.2, 0) is 11.4 Å². The van der Waals surface area contributed by atoms with E-state index >= 15 is 0 Å². The predicted molar refractivity (Wildman–Crippen MR) is 62.8 cm³/mol. The fraction of sp³-hybridized carbons (Fsp3) is 0.400. The van der Waals surface area contributed by atoms with Gasteiger partial charge in [0.2, 0.25) is 0 Å². The van der Waals surface area contributed by atoms with Crippen LogP contribution in [0.5, 0.6) is 17.2 Å². The quantitative estimate of drug-likeness (QED) is 0.839. The van der Waals surface area contributed by atoms with Gasteiger partial charge in [-0.15, -0.1) is 0 Å². The summed E-state index contributed by atoms with van der Waals surface area (Å²) in [6.07, 6.45) is 0. The maximum absolute atomic E-state index is 5.25. The lowest BCUT2D eigenvalue weighted by Crippen LogP contribution is -2.03. The zero-order valence-corrected chi connectivity index (χ0v) is 11.0. The van der Waals surface area contributed by atoms with Crippen molar-refractivity contribution in [1.29, 1.82) is 0 Å². The van der Waals surface area contributed by atoms with Gasteiger partial charge >= 0.3 is 0 Å². The van der Waals surface area contributed by atoms with E-state index in [0.29, 0.717) is 21.7 Å². The summed E-state index contributed by atoms with van der Waals surface area (Å²) in [6, 6.07) is 1.76. The average Bonchev–Trinajstić information content (AvgIpc) is 2.29. The Balaban J connectivity index is 3.35. The molecule has 0 aliphatic heterocycles. The first-order valence-electron chi connectivity index (χ1n) is 4.48. The first kappa shape index (κ1) is 13.1. The molecule has 0 heterocycles. The summed E-state index contributed by atoms with van der Waals surface area (Å²) in [7, 11) is 4.68. The van der Waals surface area contributed by atoms with Crippen molar-refractivity contribution in [2.45, 2.75) is 6.61 Å². The average molecular weight is 292 g/mol. The molecular formula is C10H14BrNO4. The van der Waals surface area contributed by atoms with Crippen molar-refractivity contribution in [2.24, 2.45) is 5.90 Å². The summed E-state index contributed by atoms with van der Waals surface area (Å²) in [5.41, 5.74) is 0.773. The minimum Gasteiger partial charge on any atom is -0.495 e. The van der Waals surface area contributed by atoms with Crippen molar-refractivity contribution >= 4 is 15.9 Å². The minimum absolute atomic E-state index is 0.224. The van der Waals surface area contributed by atoms with E-state index in [1.54, 1.807) is 27.4 Å². The highest BCUT2D eigenvalue weighted by molar-refractivity contribution is 9.10. The van der Waals surface area contributed by atoms with Gasteiger partial charge in [0, 0.05) is 5.56 Å². The van der Waals surface area contributed by atoms with Gasteiger partial charge in [-0.05, 0) is 22.0 Å². The van der Waals surface area contributed by atoms with Crippen LogP contribution in [-0.4, -0.2) is 21.3 Å². The van der Waals surface area contributed by atoms with E-state index in [-0.39, 0.29) is 6.61 Å². The molecule has 6 heteroatoms. The summed E-state index contributed by atoms with van der Waals surface area (Å²) >= 11 is 3.39. The van der Waals surface area contributed by atoms with Crippen LogP contribution in [0.2, 0.25) is 0 Å². The number of methoxy groups -OCH3 is 3. The van der Waals surface area contributed by atoms with Crippen molar-refractivity contribution in [3.63, 3.8) is 0 Å². The van der Waals surface area contributed by atoms with E-state index in [1.165, 1.54) is 0 Å². The highest BCUT2D eigenvalue weighted by Crippen LogP contribution is 2.44. The molecule has 1 aromatic carbocycles. The summed E-state index contributed by atoms with van der Waals surface area (Å²) in [5, 5.41) is 0. The third-order valence-electron chi connectivity index (χ3n) is 2.09. The largest absolute Gasteiger partial charge is 0.495 e. The highest BCUT2D eigenvalue weighted by atomic mass is 79.9. The van der Waals surface area contributed by atoms with E-state index in [4.69, 9.17) is 20.1 Å². The summed E-state index contributed by atoms with van der Waals surface area (Å²) in [4.78, 5) is 4.60. The predicted octanol–water partition coefficient (Wildman–Crippen LogP) is 1.87. The second-order valence-electron chi connectivity index (χ2n) is 2.93. The maximum atomic E-state index is 5.25. The van der Waals surface area contributed by atoms with Gasteiger partial charge in [0.1, 0.15) is 10.2 Å². The van der Waals surface area contributed by atoms with Gasteiger partial charge in [0.15, 0.2) is 11.5 Å². The molecule has 5 nitrogen and oxygen atoms in total. The zero-order chi connectivity index (χ0) is 12.1. The van der Waals surface area contributed by atoms with Crippen LogP contribution in [0, 0.1) is 0 Å². The van der Waals surface area contributed by atoms with Crippen LogP contribution >= 0.6 is 15.9 Å². The number of benzene rings is 1. The van der Waals surface area contributed by atoms with Crippen LogP contribution in [0.4, 0.5) is 0 Å². The molecule has 0 bridgehead atoms. The number of hydrogen-bond donors (Lipinski definition) is 1. The standard InChI is InChI=1S/C10H14BrNO4/c1-13-7-4-6(5-16-12)9(14-2)8(11)10(7)15-3/h4H,5,12H2,1-3H3. The first-order chi connectivity index (χ1) is 7.69. The molecule has 0 amide bonds. The highest BCUT2D eigenvalue weighted by Gasteiger charge is 2.18. The van der Waals surface area contributed by atoms with Crippen LogP contribution in [0.1, 0.15) is 5.56 Å². The lowest BCUT2D eigenvalue weighted by atomic mass is 10.2. The van der Waals surface area contributed by atoms with Crippen LogP contribution in [0.25, 0.3) is 0 Å². The van der Waals surface area contributed by atoms with E-state index in [1.807, 2.05) is 0 Å². The molecule has 0 aromatic heterocycles. The lowest BCUT2D eigenvalue weighted by molar-refractivity contribution is 0.121. The molecule has 90 valence electrons. The van der Waals surface area contributed by atoms with Crippen molar-refractivity contribution < 1.29 is 19.0 Å². The van der Waals surface area contributed by atoms with E-state index in [0.717, 1.165) is 5.56 Å². The summed E-state index contributed by atoms with van der Waals surface area (Å²) in [6.45, 7) is 0.224. The van der Waals surface area contributed by atoms with Gasteiger partial charge in [-0.25, -0.2) is 5.90 Å². The maximum Gasteiger partial charge on any atom is 0.178 e. The Morgan fingerprint density at radius 3 is 2.19 bits per heavy atom. The third kappa shape index (κ3) is 2.40. The van der Waals surface area contributed by atoms with Crippen LogP contribution in [0.15, 0.2) is 10.5 Å². The topological polar surface area (TPSA) is 62.9 Å². The Labute approximate surface area is 103 Å². The van der Waals surface area contributed by atoms with Crippen molar-refractivity contribution in [1.82, 2.24) is 0 Å². The zero-order valence-electron chi connectivity index (χ0n) is 9.37. The Bertz CT molecular complexity index is 370. The number of halogens is 1. The monoisotopic (exact) mass is 291 g/mol. The fourth-order valence-electron chi connectivity index (χ4n) is 1.40. The second-order valence-corrected chi connectivity index (χ2v) is 3.72. The van der Waals surface area contributed by atoms with Gasteiger partial charge in [-0.1, -0.05) is 0 Å². The van der Waals surface area contributed by atoms with E-state index in [2.05, 4.69) is 20.8 Å². The Kier molecular flexibility index (Phi) is 4.85. The fourth-order valence-corrected chi connectivity index (χ4v) is 2.17. The molecule has 0 radical (unpaired) electrons. The molecule has 0 saturated carbocycles. The molecule has 16 heavy (non-hydrogen) atoms. The Morgan fingerprint density at radius 2 is 1.75 bits per heavy atom. The Hall–Kier alpha value is -0.980. The van der Waals surface area contributed by atoms with Crippen LogP contribution < -0.4 is 20.1 Å². The van der Waals surface area contributed by atoms with Crippen molar-refractivity contribution in [2.75, 3.05) is 21.3 Å². The smallest absolute Gasteiger partial charge is 0.178 e. The van der Waals surface area contributed by atoms with Gasteiger partial charge in [0.05, 0.1) is 27.9 Å². The molecule has 1 aromatic rings. The number of ether oxygens (including phenoxy) is 3. The van der Waals surface area contributed by atoms with Gasteiger partial charge in [-0.3, -0.25) is 4.84 Å². The van der Waals surface area contributed by atoms with Crippen LogP contribution in [0.3, 0.4) is 0 Å². The van der Waals surface area contributed by atoms with Crippen molar-refractivity contribution in [3.05, 3.63) is 16.1 Å². The molecule has 0 spiro atoms. The van der Waals surface area contributed by atoms with Gasteiger partial charge in [-0.2, -0.15) is 0 Å². The minimum atomic E-state index is 0.224. The van der Waals surface area contributed by atoms with Gasteiger partial charge in [0.25, 0.3) is 0 Å². The number of hydrogen-bond acceptors (Lipinski definition) is 5. The first-order valence-corrected chi connectivity index (χ1v) is 5.27. The van der Waals surface area contributed by atoms with E-state index < -0.39 is 0 Å². The normalized spacial score (nSPS) is 10.1. The molecule has 1 rings (SSSR count). The molecule has 0 unspecified atom stereocenters. The molecule has 0 aliphatic carbocycles. The van der Waals surface area contributed by atoms with Gasteiger partial charge < -0.3 is 14.2 Å². The van der Waals surface area contributed by atoms with E-state index in [9.17, 15) is 0 Å². The SMILES string of the molecule is COc1cc(CON)c(OC)c(Br)c1OC. The second kappa shape index (κ2) is 5.93. The molecular weight excluding hydrogens is 278 g/mol. The molecule has 0 saturated heterocycles.